The van der Waals surface area contributed by atoms with Crippen LogP contribution in [0.1, 0.15) is 26.2 Å². The summed E-state index contributed by atoms with van der Waals surface area (Å²) >= 11 is 1.67. The first kappa shape index (κ1) is 14.2. The molecule has 0 aromatic rings. The number of hydrogen-bond donors (Lipinski definition) is 2. The van der Waals surface area contributed by atoms with Crippen LogP contribution in [-0.4, -0.2) is 52.6 Å². The van der Waals surface area contributed by atoms with Crippen molar-refractivity contribution in [2.24, 2.45) is 0 Å². The Labute approximate surface area is 106 Å². The number of carboxylic acids is 1. The minimum Gasteiger partial charge on any atom is -0.480 e. The molecule has 0 bridgehead atoms. The molecule has 0 spiro atoms. The molecule has 0 radical (unpaired) electrons. The number of carboxylic acid groups (broad SMARTS) is 1. The topological polar surface area (TPSA) is 69.6 Å². The monoisotopic (exact) mass is 260 g/mol. The lowest BCUT2D eigenvalue weighted by atomic mass is 10.0. The van der Waals surface area contributed by atoms with Gasteiger partial charge in [0.25, 0.3) is 0 Å². The van der Waals surface area contributed by atoms with Gasteiger partial charge in [0.2, 0.25) is 0 Å². The summed E-state index contributed by atoms with van der Waals surface area (Å²) in [4.78, 5) is 24.4. The van der Waals surface area contributed by atoms with Crippen LogP contribution in [0.25, 0.3) is 0 Å². The predicted octanol–water partition coefficient (Wildman–Crippen LogP) is 1.39. The molecule has 17 heavy (non-hydrogen) atoms. The summed E-state index contributed by atoms with van der Waals surface area (Å²) in [6.45, 7) is 3.13. The lowest BCUT2D eigenvalue weighted by Crippen LogP contribution is -2.52. The second-order valence-corrected chi connectivity index (χ2v) is 5.55. The molecule has 1 rings (SSSR count). The van der Waals surface area contributed by atoms with Crippen molar-refractivity contribution in [3.05, 3.63) is 0 Å². The van der Waals surface area contributed by atoms with Gasteiger partial charge in [-0.05, 0) is 25.5 Å². The van der Waals surface area contributed by atoms with Gasteiger partial charge in [0, 0.05) is 18.3 Å². The summed E-state index contributed by atoms with van der Waals surface area (Å²) in [5.41, 5.74) is 0. The average Bonchev–Trinajstić information content (AvgIpc) is 2.35. The Bertz CT molecular complexity index is 286. The third-order valence-electron chi connectivity index (χ3n) is 2.99. The molecule has 2 amide bonds. The molecule has 6 heteroatoms. The van der Waals surface area contributed by atoms with Gasteiger partial charge in [-0.25, -0.2) is 9.59 Å². The minimum absolute atomic E-state index is 0.252. The molecule has 2 N–H and O–H groups in total. The Balaban J connectivity index is 2.50. The molecule has 2 atom stereocenters. The largest absolute Gasteiger partial charge is 0.480 e. The van der Waals surface area contributed by atoms with E-state index in [1.807, 2.05) is 13.2 Å². The highest BCUT2D eigenvalue weighted by Crippen LogP contribution is 2.17. The molecule has 1 heterocycles. The maximum Gasteiger partial charge on any atom is 0.326 e. The molecule has 0 aromatic heterocycles. The zero-order valence-electron chi connectivity index (χ0n) is 10.3. The number of carbonyl (C=O) groups excluding carboxylic acids is 1. The third kappa shape index (κ3) is 4.11. The van der Waals surface area contributed by atoms with Crippen LogP contribution < -0.4 is 5.32 Å². The van der Waals surface area contributed by atoms with Crippen LogP contribution in [0.2, 0.25) is 0 Å². The number of nitrogens with zero attached hydrogens (tertiary/aromatic N) is 1. The van der Waals surface area contributed by atoms with E-state index in [0.717, 1.165) is 12.8 Å². The first-order valence-electron chi connectivity index (χ1n) is 5.86. The number of piperidine rings is 1. The van der Waals surface area contributed by atoms with Crippen LogP contribution in [0.15, 0.2) is 0 Å². The number of likely N-dealkylation sites (tertiary alicyclic amines) is 1. The first-order valence-corrected chi connectivity index (χ1v) is 7.15. The fraction of sp³-hybridized carbons (Fsp3) is 0.818. The molecule has 98 valence electrons. The lowest BCUT2D eigenvalue weighted by molar-refractivity contribution is -0.143. The molecule has 0 aliphatic carbocycles. The van der Waals surface area contributed by atoms with E-state index in [1.54, 1.807) is 11.8 Å². The van der Waals surface area contributed by atoms with Gasteiger partial charge in [-0.3, -0.25) is 0 Å². The van der Waals surface area contributed by atoms with Crippen molar-refractivity contribution < 1.29 is 14.7 Å². The summed E-state index contributed by atoms with van der Waals surface area (Å²) in [5.74, 6) is -0.905. The van der Waals surface area contributed by atoms with Gasteiger partial charge in [0.05, 0.1) is 0 Å². The first-order chi connectivity index (χ1) is 8.06. The fourth-order valence-corrected chi connectivity index (χ4v) is 2.10. The van der Waals surface area contributed by atoms with Crippen molar-refractivity contribution in [2.45, 2.75) is 37.5 Å². The zero-order chi connectivity index (χ0) is 12.8. The van der Waals surface area contributed by atoms with E-state index in [1.165, 1.54) is 4.90 Å². The Morgan fingerprint density at radius 1 is 1.53 bits per heavy atom. The minimum atomic E-state index is -0.905. The molecule has 0 saturated carbocycles. The number of hydrogen-bond acceptors (Lipinski definition) is 3. The smallest absolute Gasteiger partial charge is 0.326 e. The van der Waals surface area contributed by atoms with E-state index in [0.29, 0.717) is 24.8 Å². The standard InChI is InChI=1S/C11H20N2O3S/c1-8(17-2)7-12-11(16)13-6-4-3-5-9(13)10(14)15/h8-9H,3-7H2,1-2H3,(H,12,16)(H,14,15). The van der Waals surface area contributed by atoms with Crippen molar-refractivity contribution in [1.29, 1.82) is 0 Å². The predicted molar refractivity (Wildman–Crippen MR) is 68.4 cm³/mol. The Kier molecular flexibility index (Phi) is 5.61. The molecule has 5 nitrogen and oxygen atoms in total. The number of aliphatic carboxylic acids is 1. The Morgan fingerprint density at radius 2 is 2.24 bits per heavy atom. The van der Waals surface area contributed by atoms with E-state index >= 15 is 0 Å². The molecule has 1 aliphatic rings. The van der Waals surface area contributed by atoms with Crippen LogP contribution in [0.4, 0.5) is 4.79 Å². The molecule has 1 fully saturated rings. The van der Waals surface area contributed by atoms with Gasteiger partial charge >= 0.3 is 12.0 Å². The number of carbonyl (C=O) groups is 2. The molecular weight excluding hydrogens is 240 g/mol. The Morgan fingerprint density at radius 3 is 2.82 bits per heavy atom. The van der Waals surface area contributed by atoms with Crippen molar-refractivity contribution in [1.82, 2.24) is 10.2 Å². The van der Waals surface area contributed by atoms with E-state index in [4.69, 9.17) is 5.11 Å². The van der Waals surface area contributed by atoms with Crippen LogP contribution in [0, 0.1) is 0 Å². The molecule has 0 aromatic carbocycles. The van der Waals surface area contributed by atoms with Gasteiger partial charge in [0.1, 0.15) is 6.04 Å². The number of amides is 2. The summed E-state index contributed by atoms with van der Waals surface area (Å²) < 4.78 is 0. The van der Waals surface area contributed by atoms with Gasteiger partial charge < -0.3 is 15.3 Å². The van der Waals surface area contributed by atoms with Gasteiger partial charge in [-0.15, -0.1) is 0 Å². The van der Waals surface area contributed by atoms with Crippen LogP contribution in [-0.2, 0) is 4.79 Å². The van der Waals surface area contributed by atoms with Crippen LogP contribution in [0.5, 0.6) is 0 Å². The SMILES string of the molecule is CSC(C)CNC(=O)N1CCCCC1C(=O)O. The zero-order valence-corrected chi connectivity index (χ0v) is 11.1. The van der Waals surface area contributed by atoms with Crippen molar-refractivity contribution in [3.8, 4) is 0 Å². The summed E-state index contributed by atoms with van der Waals surface area (Å²) in [6, 6.07) is -0.911. The normalized spacial score (nSPS) is 22.0. The maximum absolute atomic E-state index is 11.9. The summed E-state index contributed by atoms with van der Waals surface area (Å²) in [7, 11) is 0. The van der Waals surface area contributed by atoms with Crippen molar-refractivity contribution >= 4 is 23.8 Å². The van der Waals surface area contributed by atoms with Crippen molar-refractivity contribution in [3.63, 3.8) is 0 Å². The van der Waals surface area contributed by atoms with Crippen molar-refractivity contribution in [2.75, 3.05) is 19.3 Å². The quantitative estimate of drug-likeness (QED) is 0.801. The molecule has 1 aliphatic heterocycles. The van der Waals surface area contributed by atoms with E-state index in [9.17, 15) is 9.59 Å². The highest BCUT2D eigenvalue weighted by molar-refractivity contribution is 7.99. The molecule has 2 unspecified atom stereocenters. The molecule has 1 saturated heterocycles. The second kappa shape index (κ2) is 6.74. The fourth-order valence-electron chi connectivity index (χ4n) is 1.85. The highest BCUT2D eigenvalue weighted by Gasteiger charge is 2.31. The third-order valence-corrected chi connectivity index (χ3v) is 3.96. The van der Waals surface area contributed by atoms with Crippen LogP contribution >= 0.6 is 11.8 Å². The van der Waals surface area contributed by atoms with E-state index < -0.39 is 12.0 Å². The van der Waals surface area contributed by atoms with Gasteiger partial charge in [-0.1, -0.05) is 6.92 Å². The highest BCUT2D eigenvalue weighted by atomic mass is 32.2. The van der Waals surface area contributed by atoms with E-state index in [2.05, 4.69) is 5.32 Å². The number of thioether (sulfide) groups is 1. The number of rotatable bonds is 4. The Hall–Kier alpha value is -0.910. The average molecular weight is 260 g/mol. The van der Waals surface area contributed by atoms with E-state index in [-0.39, 0.29) is 6.03 Å². The van der Waals surface area contributed by atoms with Gasteiger partial charge in [0.15, 0.2) is 0 Å². The molecular formula is C11H20N2O3S. The summed E-state index contributed by atoms with van der Waals surface area (Å²) in [6.07, 6.45) is 4.30. The summed E-state index contributed by atoms with van der Waals surface area (Å²) in [5, 5.41) is 12.2. The van der Waals surface area contributed by atoms with Crippen LogP contribution in [0.3, 0.4) is 0 Å². The number of urea groups is 1. The number of nitrogens with one attached hydrogen (secondary N) is 1. The second-order valence-electron chi connectivity index (χ2n) is 4.28. The van der Waals surface area contributed by atoms with Gasteiger partial charge in [-0.2, -0.15) is 11.8 Å². The maximum atomic E-state index is 11.9. The lowest BCUT2D eigenvalue weighted by Gasteiger charge is -2.33.